The van der Waals surface area contributed by atoms with E-state index >= 15 is 0 Å². The van der Waals surface area contributed by atoms with Crippen molar-refractivity contribution in [2.75, 3.05) is 19.5 Å². The molecule has 0 unspecified atom stereocenters. The number of carbonyl (C=O) groups is 1. The molecule has 0 aliphatic carbocycles. The van der Waals surface area contributed by atoms with Gasteiger partial charge in [-0.15, -0.1) is 0 Å². The van der Waals surface area contributed by atoms with Gasteiger partial charge in [0, 0.05) is 12.6 Å². The summed E-state index contributed by atoms with van der Waals surface area (Å²) in [7, 11) is 3.12. The minimum absolute atomic E-state index is 0.0531. The van der Waals surface area contributed by atoms with Gasteiger partial charge in [-0.3, -0.25) is 15.0 Å². The smallest absolute Gasteiger partial charge is 0.387 e. The lowest BCUT2D eigenvalue weighted by molar-refractivity contribution is -0.120. The van der Waals surface area contributed by atoms with Gasteiger partial charge in [0.25, 0.3) is 0 Å². The predicted molar refractivity (Wildman–Crippen MR) is 90.4 cm³/mol. The fourth-order valence-electron chi connectivity index (χ4n) is 2.28. The first-order valence-corrected chi connectivity index (χ1v) is 7.86. The molecule has 2 aromatic rings. The van der Waals surface area contributed by atoms with Crippen molar-refractivity contribution < 1.29 is 27.6 Å². The minimum atomic E-state index is -2.95. The summed E-state index contributed by atoms with van der Waals surface area (Å²) in [4.78, 5) is 14.0. The molecule has 0 bridgehead atoms. The number of aromatic nitrogens is 1. The van der Waals surface area contributed by atoms with Crippen LogP contribution < -0.4 is 14.8 Å². The molecule has 0 saturated carbocycles. The largest absolute Gasteiger partial charge is 0.493 e. The van der Waals surface area contributed by atoms with Gasteiger partial charge in [-0.1, -0.05) is 11.2 Å². The topological polar surface area (TPSA) is 76.8 Å². The highest BCUT2D eigenvalue weighted by molar-refractivity contribution is 5.93. The maximum atomic E-state index is 12.5. The summed E-state index contributed by atoms with van der Waals surface area (Å²) in [5.74, 6) is 0.150. The summed E-state index contributed by atoms with van der Waals surface area (Å²) in [6.07, 6.45) is 0. The van der Waals surface area contributed by atoms with E-state index in [1.54, 1.807) is 44.0 Å². The first kappa shape index (κ1) is 19.6. The molecule has 0 spiro atoms. The SMILES string of the molecule is COc1ccc(CN(C)[C@H](C)C(=O)Nc2cc(C)no2)cc1OC(F)F. The molecular weight excluding hydrogens is 348 g/mol. The Hall–Kier alpha value is -2.68. The number of likely N-dealkylation sites (N-methyl/N-ethyl adjacent to an activating group) is 1. The van der Waals surface area contributed by atoms with Gasteiger partial charge in [0.2, 0.25) is 11.8 Å². The maximum absolute atomic E-state index is 12.5. The van der Waals surface area contributed by atoms with Crippen LogP contribution in [-0.2, 0) is 11.3 Å². The fourth-order valence-corrected chi connectivity index (χ4v) is 2.28. The van der Waals surface area contributed by atoms with Crippen LogP contribution in [0.3, 0.4) is 0 Å². The minimum Gasteiger partial charge on any atom is -0.493 e. The molecule has 1 heterocycles. The second kappa shape index (κ2) is 8.61. The number of nitrogens with one attached hydrogen (secondary N) is 1. The van der Waals surface area contributed by atoms with Crippen LogP contribution in [0.2, 0.25) is 0 Å². The lowest BCUT2D eigenvalue weighted by Crippen LogP contribution is -2.39. The van der Waals surface area contributed by atoms with Crippen LogP contribution in [0.4, 0.5) is 14.7 Å². The van der Waals surface area contributed by atoms with Crippen LogP contribution in [0, 0.1) is 6.92 Å². The van der Waals surface area contributed by atoms with Gasteiger partial charge in [0.1, 0.15) is 0 Å². The summed E-state index contributed by atoms with van der Waals surface area (Å²) < 4.78 is 39.5. The van der Waals surface area contributed by atoms with E-state index in [9.17, 15) is 13.6 Å². The number of ether oxygens (including phenoxy) is 2. The van der Waals surface area contributed by atoms with Crippen molar-refractivity contribution >= 4 is 11.8 Å². The van der Waals surface area contributed by atoms with E-state index in [0.717, 1.165) is 0 Å². The van der Waals surface area contributed by atoms with Gasteiger partial charge in [-0.25, -0.2) is 0 Å². The van der Waals surface area contributed by atoms with E-state index in [1.165, 1.54) is 13.2 Å². The maximum Gasteiger partial charge on any atom is 0.387 e. The lowest BCUT2D eigenvalue weighted by Gasteiger charge is -2.23. The number of hydrogen-bond donors (Lipinski definition) is 1. The predicted octanol–water partition coefficient (Wildman–Crippen LogP) is 3.05. The van der Waals surface area contributed by atoms with Gasteiger partial charge in [0.05, 0.1) is 18.8 Å². The third-order valence-electron chi connectivity index (χ3n) is 3.79. The Morgan fingerprint density at radius 1 is 1.35 bits per heavy atom. The Kier molecular flexibility index (Phi) is 6.51. The van der Waals surface area contributed by atoms with Gasteiger partial charge in [-0.2, -0.15) is 8.78 Å². The fraction of sp³-hybridized carbons (Fsp3) is 0.412. The number of anilines is 1. The molecule has 0 fully saturated rings. The normalized spacial score (nSPS) is 12.3. The zero-order valence-electron chi connectivity index (χ0n) is 15.0. The molecule has 1 aromatic heterocycles. The molecule has 9 heteroatoms. The lowest BCUT2D eigenvalue weighted by atomic mass is 10.1. The van der Waals surface area contributed by atoms with Crippen LogP contribution in [0.5, 0.6) is 11.5 Å². The molecule has 0 aliphatic rings. The Bertz CT molecular complexity index is 751. The van der Waals surface area contributed by atoms with Crippen LogP contribution >= 0.6 is 0 Å². The van der Waals surface area contributed by atoms with E-state index in [4.69, 9.17) is 9.26 Å². The van der Waals surface area contributed by atoms with Gasteiger partial charge >= 0.3 is 6.61 Å². The number of benzene rings is 1. The monoisotopic (exact) mass is 369 g/mol. The van der Waals surface area contributed by atoms with Crippen LogP contribution in [-0.4, -0.2) is 42.8 Å². The summed E-state index contributed by atoms with van der Waals surface area (Å²) in [5.41, 5.74) is 1.35. The van der Waals surface area contributed by atoms with Crippen molar-refractivity contribution in [2.24, 2.45) is 0 Å². The molecule has 0 saturated heterocycles. The van der Waals surface area contributed by atoms with Crippen LogP contribution in [0.15, 0.2) is 28.8 Å². The van der Waals surface area contributed by atoms with Crippen molar-refractivity contribution in [3.63, 3.8) is 0 Å². The highest BCUT2D eigenvalue weighted by Gasteiger charge is 2.20. The third kappa shape index (κ3) is 5.16. The highest BCUT2D eigenvalue weighted by Crippen LogP contribution is 2.30. The van der Waals surface area contributed by atoms with Crippen molar-refractivity contribution in [2.45, 2.75) is 33.0 Å². The summed E-state index contributed by atoms with van der Waals surface area (Å²) >= 11 is 0. The summed E-state index contributed by atoms with van der Waals surface area (Å²) in [5, 5.41) is 6.33. The van der Waals surface area contributed by atoms with E-state index < -0.39 is 12.7 Å². The van der Waals surface area contributed by atoms with Crippen molar-refractivity contribution in [1.29, 1.82) is 0 Å². The molecule has 0 radical (unpaired) electrons. The average molecular weight is 369 g/mol. The number of aryl methyl sites for hydroxylation is 1. The average Bonchev–Trinajstić information content (AvgIpc) is 2.98. The van der Waals surface area contributed by atoms with Crippen LogP contribution in [0.1, 0.15) is 18.2 Å². The second-order valence-electron chi connectivity index (χ2n) is 5.78. The van der Waals surface area contributed by atoms with Gasteiger partial charge in [0.15, 0.2) is 11.5 Å². The number of amides is 1. The Balaban J connectivity index is 2.03. The van der Waals surface area contributed by atoms with E-state index in [0.29, 0.717) is 17.8 Å². The first-order chi connectivity index (χ1) is 12.3. The Morgan fingerprint density at radius 3 is 2.65 bits per heavy atom. The standard InChI is InChI=1S/C17H21F2N3O4/c1-10-7-15(26-21-10)20-16(23)11(2)22(3)9-12-5-6-13(24-4)14(8-12)25-17(18)19/h5-8,11,17H,9H2,1-4H3,(H,20,23)/t11-/m1/s1. The van der Waals surface area contributed by atoms with E-state index in [1.807, 2.05) is 0 Å². The van der Waals surface area contributed by atoms with Crippen molar-refractivity contribution in [3.8, 4) is 11.5 Å². The second-order valence-corrected chi connectivity index (χ2v) is 5.78. The number of hydrogen-bond acceptors (Lipinski definition) is 6. The molecule has 1 N–H and O–H groups in total. The molecule has 142 valence electrons. The first-order valence-electron chi connectivity index (χ1n) is 7.86. The molecule has 2 rings (SSSR count). The summed E-state index contributed by atoms with van der Waals surface area (Å²) in [6.45, 7) is 0.857. The molecule has 1 atom stereocenters. The molecular formula is C17H21F2N3O4. The molecule has 1 amide bonds. The van der Waals surface area contributed by atoms with Gasteiger partial charge in [-0.05, 0) is 38.6 Å². The molecule has 26 heavy (non-hydrogen) atoms. The van der Waals surface area contributed by atoms with Crippen molar-refractivity contribution in [1.82, 2.24) is 10.1 Å². The molecule has 0 aliphatic heterocycles. The van der Waals surface area contributed by atoms with Crippen LogP contribution in [0.25, 0.3) is 0 Å². The number of carbonyl (C=O) groups excluding carboxylic acids is 1. The molecule has 1 aromatic carbocycles. The summed E-state index contributed by atoms with van der Waals surface area (Å²) in [6, 6.07) is 5.84. The Labute approximate surface area is 149 Å². The number of nitrogens with zero attached hydrogens (tertiary/aromatic N) is 2. The van der Waals surface area contributed by atoms with Gasteiger partial charge < -0.3 is 14.0 Å². The van der Waals surface area contributed by atoms with Crippen molar-refractivity contribution in [3.05, 3.63) is 35.5 Å². The van der Waals surface area contributed by atoms with E-state index in [-0.39, 0.29) is 23.3 Å². The number of rotatable bonds is 8. The molecule has 7 nitrogen and oxygen atoms in total. The highest BCUT2D eigenvalue weighted by atomic mass is 19.3. The Morgan fingerprint density at radius 2 is 2.08 bits per heavy atom. The zero-order chi connectivity index (χ0) is 19.3. The number of halogens is 2. The number of alkyl halides is 2. The number of methoxy groups -OCH3 is 1. The zero-order valence-corrected chi connectivity index (χ0v) is 15.0. The quantitative estimate of drug-likeness (QED) is 0.771. The van der Waals surface area contributed by atoms with E-state index in [2.05, 4.69) is 15.2 Å². The third-order valence-corrected chi connectivity index (χ3v) is 3.79.